The average Bonchev–Trinajstić information content (AvgIpc) is 1.60. The van der Waals surface area contributed by atoms with Gasteiger partial charge in [-0.25, -0.2) is 4.79 Å². The lowest BCUT2D eigenvalue weighted by atomic mass is 10.0. The average molecular weight is 146 g/mol. The lowest BCUT2D eigenvalue weighted by Crippen LogP contribution is -2.27. The van der Waals surface area contributed by atoms with Gasteiger partial charge < -0.3 is 10.2 Å². The largest absolute Gasteiger partial charge is 0.475 e. The van der Waals surface area contributed by atoms with E-state index in [0.29, 0.717) is 0 Å². The Morgan fingerprint density at radius 1 is 1.40 bits per heavy atom. The minimum absolute atomic E-state index is 0.345. The molecule has 0 fully saturated rings. The number of aliphatic hydroxyl groups is 1. The summed E-state index contributed by atoms with van der Waals surface area (Å²) in [6, 6.07) is 0. The van der Waals surface area contributed by atoms with Gasteiger partial charge in [-0.2, -0.15) is 0 Å². The molecule has 0 aliphatic rings. The molecule has 0 atom stereocenters. The first-order valence-electron chi connectivity index (χ1n) is 2.81. The van der Waals surface area contributed by atoms with Crippen molar-refractivity contribution in [1.29, 1.82) is 0 Å². The molecule has 0 heterocycles. The van der Waals surface area contributed by atoms with E-state index in [4.69, 9.17) is 10.2 Å². The van der Waals surface area contributed by atoms with Gasteiger partial charge in [-0.05, 0) is 13.8 Å². The molecule has 0 spiro atoms. The van der Waals surface area contributed by atoms with Crippen molar-refractivity contribution < 1.29 is 19.8 Å². The number of hydrogen-bond acceptors (Lipinski definition) is 3. The van der Waals surface area contributed by atoms with E-state index in [-0.39, 0.29) is 6.42 Å². The Morgan fingerprint density at radius 2 is 1.80 bits per heavy atom. The minimum atomic E-state index is -1.50. The van der Waals surface area contributed by atoms with Crippen LogP contribution in [-0.4, -0.2) is 27.6 Å². The normalized spacial score (nSPS) is 11.1. The zero-order valence-corrected chi connectivity index (χ0v) is 5.92. The predicted octanol–water partition coefficient (Wildman–Crippen LogP) is -0.199. The van der Waals surface area contributed by atoms with Crippen molar-refractivity contribution in [2.75, 3.05) is 0 Å². The third-order valence-electron chi connectivity index (χ3n) is 0.832. The molecule has 0 aliphatic carbocycles. The highest BCUT2D eigenvalue weighted by atomic mass is 16.4. The van der Waals surface area contributed by atoms with E-state index < -0.39 is 17.4 Å². The van der Waals surface area contributed by atoms with Crippen LogP contribution < -0.4 is 0 Å². The maximum atomic E-state index is 10.4. The maximum Gasteiger partial charge on any atom is 0.372 e. The van der Waals surface area contributed by atoms with Gasteiger partial charge in [0, 0.05) is 6.42 Å². The molecule has 0 amide bonds. The number of rotatable bonds is 3. The highest BCUT2D eigenvalue weighted by Crippen LogP contribution is 2.06. The van der Waals surface area contributed by atoms with E-state index in [1.54, 1.807) is 0 Å². The lowest BCUT2D eigenvalue weighted by molar-refractivity contribution is -0.151. The van der Waals surface area contributed by atoms with Gasteiger partial charge in [-0.3, -0.25) is 4.79 Å². The van der Waals surface area contributed by atoms with E-state index in [1.807, 2.05) is 0 Å². The molecule has 10 heavy (non-hydrogen) atoms. The summed E-state index contributed by atoms with van der Waals surface area (Å²) in [6.07, 6.45) is -0.345. The van der Waals surface area contributed by atoms with E-state index >= 15 is 0 Å². The van der Waals surface area contributed by atoms with Gasteiger partial charge in [0.25, 0.3) is 0 Å². The summed E-state index contributed by atoms with van der Waals surface area (Å²) in [5, 5.41) is 17.0. The van der Waals surface area contributed by atoms with Gasteiger partial charge in [0.1, 0.15) is 0 Å². The van der Waals surface area contributed by atoms with E-state index in [9.17, 15) is 9.59 Å². The summed E-state index contributed by atoms with van der Waals surface area (Å²) in [7, 11) is 0. The predicted molar refractivity (Wildman–Crippen MR) is 33.6 cm³/mol. The van der Waals surface area contributed by atoms with Crippen molar-refractivity contribution in [3.63, 3.8) is 0 Å². The van der Waals surface area contributed by atoms with Crippen LogP contribution in [0.5, 0.6) is 0 Å². The number of ketones is 1. The van der Waals surface area contributed by atoms with Crippen LogP contribution in [0.15, 0.2) is 0 Å². The molecular formula is C6H10O4. The molecular weight excluding hydrogens is 136 g/mol. The van der Waals surface area contributed by atoms with Crippen LogP contribution in [0.2, 0.25) is 0 Å². The zero-order valence-electron chi connectivity index (χ0n) is 5.92. The van der Waals surface area contributed by atoms with E-state index in [1.165, 1.54) is 13.8 Å². The quantitative estimate of drug-likeness (QED) is 0.541. The SMILES string of the molecule is CC(C)(O)CC(=O)C(=O)O. The number of carboxylic acids is 1. The monoisotopic (exact) mass is 146 g/mol. The van der Waals surface area contributed by atoms with Crippen molar-refractivity contribution in [2.45, 2.75) is 25.9 Å². The maximum absolute atomic E-state index is 10.4. The molecule has 4 nitrogen and oxygen atoms in total. The number of hydrogen-bond donors (Lipinski definition) is 2. The Balaban J connectivity index is 3.93. The third-order valence-corrected chi connectivity index (χ3v) is 0.832. The smallest absolute Gasteiger partial charge is 0.372 e. The third kappa shape index (κ3) is 4.03. The first-order chi connectivity index (χ1) is 4.33. The molecule has 0 aromatic heterocycles. The Morgan fingerprint density at radius 3 is 1.90 bits per heavy atom. The van der Waals surface area contributed by atoms with Gasteiger partial charge in [-0.15, -0.1) is 0 Å². The summed E-state index contributed by atoms with van der Waals surface area (Å²) in [4.78, 5) is 20.3. The van der Waals surface area contributed by atoms with Crippen LogP contribution in [0, 0.1) is 0 Å². The van der Waals surface area contributed by atoms with E-state index in [0.717, 1.165) is 0 Å². The standard InChI is InChI=1S/C6H10O4/c1-6(2,10)3-4(7)5(8)9/h10H,3H2,1-2H3,(H,8,9). The topological polar surface area (TPSA) is 74.6 Å². The summed E-state index contributed by atoms with van der Waals surface area (Å²) in [5.41, 5.74) is -1.23. The molecule has 0 unspecified atom stereocenters. The Bertz CT molecular complexity index is 154. The Labute approximate surface area is 58.5 Å². The number of carbonyl (C=O) groups excluding carboxylic acids is 1. The first-order valence-corrected chi connectivity index (χ1v) is 2.81. The zero-order chi connectivity index (χ0) is 8.36. The van der Waals surface area contributed by atoms with Crippen LogP contribution in [-0.2, 0) is 9.59 Å². The fourth-order valence-electron chi connectivity index (χ4n) is 0.469. The summed E-state index contributed by atoms with van der Waals surface area (Å²) in [5.74, 6) is -2.46. The van der Waals surface area contributed by atoms with Crippen molar-refractivity contribution in [3.8, 4) is 0 Å². The van der Waals surface area contributed by atoms with Crippen molar-refractivity contribution in [2.24, 2.45) is 0 Å². The van der Waals surface area contributed by atoms with Gasteiger partial charge >= 0.3 is 5.97 Å². The highest BCUT2D eigenvalue weighted by Gasteiger charge is 2.22. The molecule has 0 aromatic carbocycles. The second kappa shape index (κ2) is 2.79. The van der Waals surface area contributed by atoms with E-state index in [2.05, 4.69) is 0 Å². The van der Waals surface area contributed by atoms with Crippen LogP contribution >= 0.6 is 0 Å². The van der Waals surface area contributed by atoms with Crippen LogP contribution in [0.4, 0.5) is 0 Å². The molecule has 0 saturated heterocycles. The number of Topliss-reactive ketones (excluding diaryl/α,β-unsaturated/α-hetero) is 1. The molecule has 0 rings (SSSR count). The summed E-state index contributed by atoms with van der Waals surface area (Å²) in [6.45, 7) is 2.77. The second-order valence-corrected chi connectivity index (χ2v) is 2.72. The molecule has 0 aliphatic heterocycles. The second-order valence-electron chi connectivity index (χ2n) is 2.72. The number of carbonyl (C=O) groups is 2. The van der Waals surface area contributed by atoms with Crippen molar-refractivity contribution in [3.05, 3.63) is 0 Å². The molecule has 2 N–H and O–H groups in total. The molecule has 58 valence electrons. The molecule has 0 radical (unpaired) electrons. The molecule has 0 saturated carbocycles. The fourth-order valence-corrected chi connectivity index (χ4v) is 0.469. The molecule has 4 heteroatoms. The molecule has 0 aromatic rings. The van der Waals surface area contributed by atoms with Crippen molar-refractivity contribution >= 4 is 11.8 Å². The van der Waals surface area contributed by atoms with Gasteiger partial charge in [0.05, 0.1) is 5.60 Å². The van der Waals surface area contributed by atoms with Crippen LogP contribution in [0.3, 0.4) is 0 Å². The van der Waals surface area contributed by atoms with Crippen molar-refractivity contribution in [1.82, 2.24) is 0 Å². The summed E-state index contributed by atoms with van der Waals surface area (Å²) < 4.78 is 0. The summed E-state index contributed by atoms with van der Waals surface area (Å²) >= 11 is 0. The van der Waals surface area contributed by atoms with Gasteiger partial charge in [0.15, 0.2) is 0 Å². The lowest BCUT2D eigenvalue weighted by Gasteiger charge is -2.13. The first kappa shape index (κ1) is 9.10. The van der Waals surface area contributed by atoms with Crippen LogP contribution in [0.25, 0.3) is 0 Å². The Kier molecular flexibility index (Phi) is 2.54. The van der Waals surface area contributed by atoms with Gasteiger partial charge in [-0.1, -0.05) is 0 Å². The minimum Gasteiger partial charge on any atom is -0.475 e. The fraction of sp³-hybridized carbons (Fsp3) is 0.667. The van der Waals surface area contributed by atoms with Crippen LogP contribution in [0.1, 0.15) is 20.3 Å². The number of aliphatic carboxylic acids is 1. The Hall–Kier alpha value is -0.900. The van der Waals surface area contributed by atoms with Gasteiger partial charge in [0.2, 0.25) is 5.78 Å². The highest BCUT2D eigenvalue weighted by molar-refractivity contribution is 6.32. The molecule has 0 bridgehead atoms. The number of carboxylic acid groups (broad SMARTS) is 1.